The second kappa shape index (κ2) is 4.35. The van der Waals surface area contributed by atoms with Crippen molar-refractivity contribution in [2.75, 3.05) is 6.54 Å². The number of fused-ring (bicyclic) bond motifs is 4. The second-order valence-corrected chi connectivity index (χ2v) is 5.72. The van der Waals surface area contributed by atoms with Gasteiger partial charge < -0.3 is 14.8 Å². The quantitative estimate of drug-likeness (QED) is 0.450. The Labute approximate surface area is 122 Å². The molecule has 21 heavy (non-hydrogen) atoms. The fourth-order valence-electron chi connectivity index (χ4n) is 3.76. The summed E-state index contributed by atoms with van der Waals surface area (Å²) in [6.07, 6.45) is 1.21. The van der Waals surface area contributed by atoms with Crippen LogP contribution >= 0.6 is 0 Å². The molecule has 1 N–H and O–H groups in total. The van der Waals surface area contributed by atoms with E-state index in [1.165, 1.54) is 11.1 Å². The predicted octanol–water partition coefficient (Wildman–Crippen LogP) is 2.02. The molecule has 0 unspecified atom stereocenters. The minimum atomic E-state index is -0.373. The highest BCUT2D eigenvalue weighted by atomic mass is 16.5. The Hall–Kier alpha value is -2.30. The first kappa shape index (κ1) is 12.4. The van der Waals surface area contributed by atoms with Crippen LogP contribution in [-0.4, -0.2) is 34.4 Å². The Morgan fingerprint density at radius 2 is 2.19 bits per heavy atom. The molecule has 1 aromatic carbocycles. The van der Waals surface area contributed by atoms with Crippen LogP contribution in [0.25, 0.3) is 0 Å². The highest BCUT2D eigenvalue weighted by Gasteiger charge is 2.45. The third kappa shape index (κ3) is 1.63. The number of benzene rings is 1. The summed E-state index contributed by atoms with van der Waals surface area (Å²) >= 11 is 0. The summed E-state index contributed by atoms with van der Waals surface area (Å²) in [5.41, 5.74) is 4.36. The predicted molar refractivity (Wildman–Crippen MR) is 76.0 cm³/mol. The summed E-state index contributed by atoms with van der Waals surface area (Å²) in [6.45, 7) is 2.73. The van der Waals surface area contributed by atoms with E-state index in [0.29, 0.717) is 17.7 Å². The first-order valence-electron chi connectivity index (χ1n) is 7.21. The number of rotatable bonds is 0. The number of carbonyl (C=O) groups is 1. The Kier molecular flexibility index (Phi) is 2.58. The largest absolute Gasteiger partial charge is 0.453 e. The van der Waals surface area contributed by atoms with Gasteiger partial charge >= 0.3 is 5.97 Å². The van der Waals surface area contributed by atoms with E-state index in [0.717, 1.165) is 18.7 Å². The molecule has 3 heterocycles. The van der Waals surface area contributed by atoms with E-state index in [9.17, 15) is 10.0 Å². The third-order valence-corrected chi connectivity index (χ3v) is 4.65. The molecule has 0 aromatic heterocycles. The van der Waals surface area contributed by atoms with Crippen LogP contribution in [0.3, 0.4) is 0 Å². The van der Waals surface area contributed by atoms with E-state index in [1.807, 2.05) is 19.1 Å². The van der Waals surface area contributed by atoms with Crippen LogP contribution < -0.4 is 0 Å². The van der Waals surface area contributed by atoms with Gasteiger partial charge in [0.2, 0.25) is 0 Å². The van der Waals surface area contributed by atoms with Crippen molar-refractivity contribution in [2.45, 2.75) is 31.9 Å². The zero-order chi connectivity index (χ0) is 14.6. The van der Waals surface area contributed by atoms with Gasteiger partial charge in [-0.3, -0.25) is 0 Å². The molecule has 0 radical (unpaired) electrons. The number of carbonyl (C=O) groups excluding carboxylic acids is 1. The van der Waals surface area contributed by atoms with Gasteiger partial charge in [0, 0.05) is 13.0 Å². The van der Waals surface area contributed by atoms with E-state index in [4.69, 9.17) is 4.74 Å². The molecule has 0 saturated heterocycles. The highest BCUT2D eigenvalue weighted by molar-refractivity contribution is 6.22. The van der Waals surface area contributed by atoms with E-state index in [-0.39, 0.29) is 18.1 Å². The van der Waals surface area contributed by atoms with Crippen molar-refractivity contribution in [3.8, 4) is 0 Å². The molecular weight excluding hydrogens is 268 g/mol. The lowest BCUT2D eigenvalue weighted by atomic mass is 9.84. The molecule has 5 heteroatoms. The molecule has 4 rings (SSSR count). The SMILES string of the molecule is C[C@H]1OC(=O)C2=C1N1CCc3ccccc3[C@@H]1CC2=NO. The van der Waals surface area contributed by atoms with E-state index in [2.05, 4.69) is 22.2 Å². The monoisotopic (exact) mass is 284 g/mol. The maximum Gasteiger partial charge on any atom is 0.342 e. The molecule has 0 aliphatic carbocycles. The third-order valence-electron chi connectivity index (χ3n) is 4.65. The van der Waals surface area contributed by atoms with Crippen LogP contribution in [0, 0.1) is 0 Å². The lowest BCUT2D eigenvalue weighted by molar-refractivity contribution is -0.138. The minimum Gasteiger partial charge on any atom is -0.453 e. The molecule has 0 fully saturated rings. The molecule has 1 aromatic rings. The summed E-state index contributed by atoms with van der Waals surface area (Å²) in [5.74, 6) is -0.373. The normalized spacial score (nSPS) is 29.1. The molecule has 108 valence electrons. The average Bonchev–Trinajstić information content (AvgIpc) is 2.81. The molecule has 2 atom stereocenters. The minimum absolute atomic E-state index is 0.122. The van der Waals surface area contributed by atoms with Crippen molar-refractivity contribution in [1.82, 2.24) is 4.90 Å². The molecule has 0 bridgehead atoms. The van der Waals surface area contributed by atoms with Crippen LogP contribution in [-0.2, 0) is 16.0 Å². The Balaban J connectivity index is 1.88. The maximum atomic E-state index is 12.0. The number of nitrogens with zero attached hydrogens (tertiary/aromatic N) is 2. The van der Waals surface area contributed by atoms with E-state index in [1.54, 1.807) is 0 Å². The summed E-state index contributed by atoms with van der Waals surface area (Å²) in [5, 5.41) is 12.7. The van der Waals surface area contributed by atoms with Gasteiger partial charge in [0.1, 0.15) is 11.7 Å². The van der Waals surface area contributed by atoms with Crippen LogP contribution in [0.4, 0.5) is 0 Å². The lowest BCUT2D eigenvalue weighted by Gasteiger charge is -2.43. The summed E-state index contributed by atoms with van der Waals surface area (Å²) in [6, 6.07) is 8.47. The molecule has 3 aliphatic rings. The topological polar surface area (TPSA) is 62.1 Å². The maximum absolute atomic E-state index is 12.0. The molecule has 3 aliphatic heterocycles. The molecular formula is C16H16N2O3. The number of hydrogen-bond donors (Lipinski definition) is 1. The van der Waals surface area contributed by atoms with Crippen molar-refractivity contribution >= 4 is 11.7 Å². The smallest absolute Gasteiger partial charge is 0.342 e. The Bertz CT molecular complexity index is 693. The van der Waals surface area contributed by atoms with Crippen LogP contribution in [0.15, 0.2) is 40.7 Å². The zero-order valence-corrected chi connectivity index (χ0v) is 11.7. The van der Waals surface area contributed by atoms with Crippen molar-refractivity contribution in [3.05, 3.63) is 46.7 Å². The fourth-order valence-corrected chi connectivity index (χ4v) is 3.76. The molecule has 5 nitrogen and oxygen atoms in total. The van der Waals surface area contributed by atoms with Crippen molar-refractivity contribution in [1.29, 1.82) is 0 Å². The first-order chi connectivity index (χ1) is 10.2. The van der Waals surface area contributed by atoms with Gasteiger partial charge in [-0.05, 0) is 24.5 Å². The van der Waals surface area contributed by atoms with Gasteiger partial charge in [-0.2, -0.15) is 0 Å². The number of oxime groups is 1. The van der Waals surface area contributed by atoms with E-state index >= 15 is 0 Å². The van der Waals surface area contributed by atoms with Gasteiger partial charge in [-0.1, -0.05) is 29.4 Å². The highest BCUT2D eigenvalue weighted by Crippen LogP contribution is 2.43. The van der Waals surface area contributed by atoms with Crippen molar-refractivity contribution < 1.29 is 14.7 Å². The van der Waals surface area contributed by atoms with E-state index < -0.39 is 0 Å². The van der Waals surface area contributed by atoms with Gasteiger partial charge in [0.25, 0.3) is 0 Å². The number of ether oxygens (including phenoxy) is 1. The van der Waals surface area contributed by atoms with Crippen LogP contribution in [0.2, 0.25) is 0 Å². The molecule has 0 spiro atoms. The lowest BCUT2D eigenvalue weighted by Crippen LogP contribution is -2.42. The fraction of sp³-hybridized carbons (Fsp3) is 0.375. The van der Waals surface area contributed by atoms with Gasteiger partial charge in [0.05, 0.1) is 17.5 Å². The van der Waals surface area contributed by atoms with Gasteiger partial charge in [-0.25, -0.2) is 4.79 Å². The van der Waals surface area contributed by atoms with Crippen molar-refractivity contribution in [2.24, 2.45) is 5.16 Å². The second-order valence-electron chi connectivity index (χ2n) is 5.72. The van der Waals surface area contributed by atoms with Crippen molar-refractivity contribution in [3.63, 3.8) is 0 Å². The van der Waals surface area contributed by atoms with Gasteiger partial charge in [0.15, 0.2) is 0 Å². The summed E-state index contributed by atoms with van der Waals surface area (Å²) in [7, 11) is 0. The summed E-state index contributed by atoms with van der Waals surface area (Å²) < 4.78 is 5.33. The number of hydrogen-bond acceptors (Lipinski definition) is 5. The average molecular weight is 284 g/mol. The zero-order valence-electron chi connectivity index (χ0n) is 11.7. The Morgan fingerprint density at radius 1 is 1.38 bits per heavy atom. The van der Waals surface area contributed by atoms with Crippen LogP contribution in [0.5, 0.6) is 0 Å². The molecule has 0 saturated carbocycles. The number of cyclic esters (lactones) is 1. The standard InChI is InChI=1S/C16H16N2O3/c1-9-15-14(16(19)21-9)12(17-20)8-13-11-5-3-2-4-10(11)6-7-18(13)15/h2-5,9,13,20H,6-8H2,1H3/t9-,13+/m1/s1. The Morgan fingerprint density at radius 3 is 3.00 bits per heavy atom. The summed E-state index contributed by atoms with van der Waals surface area (Å²) in [4.78, 5) is 14.3. The van der Waals surface area contributed by atoms with Gasteiger partial charge in [-0.15, -0.1) is 0 Å². The number of esters is 1. The molecule has 0 amide bonds. The first-order valence-corrected chi connectivity index (χ1v) is 7.21. The van der Waals surface area contributed by atoms with Crippen LogP contribution in [0.1, 0.15) is 30.5 Å².